The summed E-state index contributed by atoms with van der Waals surface area (Å²) < 4.78 is 2.17. The SMILES string of the molecule is O[C@@H](C[C@@H]1c2ccccc2-n2cncc21)C1CCCCC1. The molecule has 0 bridgehead atoms. The van der Waals surface area contributed by atoms with Crippen LogP contribution in [0.3, 0.4) is 0 Å². The van der Waals surface area contributed by atoms with Crippen LogP contribution in [0.25, 0.3) is 5.69 Å². The number of fused-ring (bicyclic) bond motifs is 3. The maximum atomic E-state index is 10.7. The van der Waals surface area contributed by atoms with E-state index in [-0.39, 0.29) is 6.10 Å². The van der Waals surface area contributed by atoms with Gasteiger partial charge in [0.25, 0.3) is 0 Å². The maximum Gasteiger partial charge on any atom is 0.0994 e. The molecule has 3 nitrogen and oxygen atoms in total. The van der Waals surface area contributed by atoms with Gasteiger partial charge in [-0.05, 0) is 36.8 Å². The lowest BCUT2D eigenvalue weighted by atomic mass is 9.80. The number of aliphatic hydroxyl groups excluding tert-OH is 1. The second-order valence-electron chi connectivity index (χ2n) is 6.50. The van der Waals surface area contributed by atoms with Crippen molar-refractivity contribution >= 4 is 0 Å². The molecule has 1 aliphatic heterocycles. The zero-order valence-corrected chi connectivity index (χ0v) is 12.3. The molecule has 0 amide bonds. The highest BCUT2D eigenvalue weighted by atomic mass is 16.3. The Bertz CT molecular complexity index is 628. The van der Waals surface area contributed by atoms with E-state index in [0.717, 1.165) is 6.42 Å². The van der Waals surface area contributed by atoms with Crippen LogP contribution >= 0.6 is 0 Å². The van der Waals surface area contributed by atoms with Gasteiger partial charge in [-0.3, -0.25) is 0 Å². The first-order valence-electron chi connectivity index (χ1n) is 8.14. The Balaban J connectivity index is 1.60. The van der Waals surface area contributed by atoms with Crippen LogP contribution in [-0.2, 0) is 0 Å². The minimum atomic E-state index is -0.190. The Hall–Kier alpha value is -1.61. The highest BCUT2D eigenvalue weighted by Crippen LogP contribution is 2.42. The number of para-hydroxylation sites is 1. The number of imidazole rings is 1. The second-order valence-corrected chi connectivity index (χ2v) is 6.50. The average Bonchev–Trinajstić information content (AvgIpc) is 3.11. The highest BCUT2D eigenvalue weighted by Gasteiger charge is 2.32. The van der Waals surface area contributed by atoms with Gasteiger partial charge in [0.1, 0.15) is 0 Å². The maximum absolute atomic E-state index is 10.7. The second kappa shape index (κ2) is 5.30. The molecule has 2 heterocycles. The molecule has 0 spiro atoms. The Kier molecular flexibility index (Phi) is 3.30. The van der Waals surface area contributed by atoms with E-state index < -0.39 is 0 Å². The number of rotatable bonds is 3. The van der Waals surface area contributed by atoms with Gasteiger partial charge < -0.3 is 9.67 Å². The molecule has 1 fully saturated rings. The number of nitrogens with zero attached hydrogens (tertiary/aromatic N) is 2. The number of benzene rings is 1. The fraction of sp³-hybridized carbons (Fsp3) is 0.500. The summed E-state index contributed by atoms with van der Waals surface area (Å²) in [6.45, 7) is 0. The van der Waals surface area contributed by atoms with Crippen LogP contribution in [0.2, 0.25) is 0 Å². The number of aromatic nitrogens is 2. The monoisotopic (exact) mass is 282 g/mol. The van der Waals surface area contributed by atoms with E-state index in [2.05, 4.69) is 33.8 Å². The third-order valence-electron chi connectivity index (χ3n) is 5.27. The van der Waals surface area contributed by atoms with Gasteiger partial charge in [0.2, 0.25) is 0 Å². The topological polar surface area (TPSA) is 38.0 Å². The van der Waals surface area contributed by atoms with Crippen molar-refractivity contribution in [3.8, 4) is 5.69 Å². The molecular weight excluding hydrogens is 260 g/mol. The van der Waals surface area contributed by atoms with E-state index in [1.807, 2.05) is 12.5 Å². The van der Waals surface area contributed by atoms with Crippen molar-refractivity contribution in [2.45, 2.75) is 50.5 Å². The van der Waals surface area contributed by atoms with Gasteiger partial charge in [0.05, 0.1) is 23.8 Å². The lowest BCUT2D eigenvalue weighted by Crippen LogP contribution is -2.25. The Morgan fingerprint density at radius 2 is 2.00 bits per heavy atom. The van der Waals surface area contributed by atoms with Gasteiger partial charge in [-0.2, -0.15) is 0 Å². The first-order valence-corrected chi connectivity index (χ1v) is 8.14. The minimum absolute atomic E-state index is 0.190. The van der Waals surface area contributed by atoms with Crippen LogP contribution in [0.1, 0.15) is 55.7 Å². The van der Waals surface area contributed by atoms with Crippen LogP contribution in [0.4, 0.5) is 0 Å². The molecule has 2 atom stereocenters. The lowest BCUT2D eigenvalue weighted by molar-refractivity contribution is 0.0737. The lowest BCUT2D eigenvalue weighted by Gasteiger charge is -2.28. The molecule has 1 N–H and O–H groups in total. The van der Waals surface area contributed by atoms with Crippen molar-refractivity contribution in [3.63, 3.8) is 0 Å². The summed E-state index contributed by atoms with van der Waals surface area (Å²) in [4.78, 5) is 4.29. The van der Waals surface area contributed by atoms with Crippen molar-refractivity contribution in [1.29, 1.82) is 0 Å². The van der Waals surface area contributed by atoms with Crippen molar-refractivity contribution in [2.75, 3.05) is 0 Å². The number of hydrogen-bond donors (Lipinski definition) is 1. The van der Waals surface area contributed by atoms with E-state index in [1.54, 1.807) is 0 Å². The molecule has 0 unspecified atom stereocenters. The average molecular weight is 282 g/mol. The molecule has 110 valence electrons. The minimum Gasteiger partial charge on any atom is -0.393 e. The van der Waals surface area contributed by atoms with E-state index in [1.165, 1.54) is 49.0 Å². The third kappa shape index (κ3) is 2.20. The molecule has 0 saturated heterocycles. The molecule has 1 aromatic heterocycles. The van der Waals surface area contributed by atoms with Crippen molar-refractivity contribution < 1.29 is 5.11 Å². The van der Waals surface area contributed by atoms with Gasteiger partial charge in [0, 0.05) is 12.1 Å². The van der Waals surface area contributed by atoms with E-state index in [9.17, 15) is 5.11 Å². The van der Waals surface area contributed by atoms with Gasteiger partial charge in [-0.1, -0.05) is 37.5 Å². The zero-order chi connectivity index (χ0) is 14.2. The van der Waals surface area contributed by atoms with Crippen LogP contribution in [0, 0.1) is 5.92 Å². The Labute approximate surface area is 125 Å². The smallest absolute Gasteiger partial charge is 0.0994 e. The van der Waals surface area contributed by atoms with Crippen molar-refractivity contribution in [2.24, 2.45) is 5.92 Å². The molecule has 1 aliphatic carbocycles. The van der Waals surface area contributed by atoms with Crippen LogP contribution in [-0.4, -0.2) is 20.8 Å². The molecule has 4 rings (SSSR count). The van der Waals surface area contributed by atoms with Gasteiger partial charge in [-0.25, -0.2) is 4.98 Å². The van der Waals surface area contributed by atoms with Crippen LogP contribution < -0.4 is 0 Å². The van der Waals surface area contributed by atoms with E-state index in [0.29, 0.717) is 11.8 Å². The molecule has 1 saturated carbocycles. The van der Waals surface area contributed by atoms with E-state index >= 15 is 0 Å². The van der Waals surface area contributed by atoms with Crippen molar-refractivity contribution in [1.82, 2.24) is 9.55 Å². The standard InChI is InChI=1S/C18H22N2O/c21-18(13-6-2-1-3-7-13)10-15-14-8-4-5-9-16(14)20-12-19-11-17(15)20/h4-5,8-9,11-13,15,18,21H,1-3,6-7,10H2/t15-,18+/m1/s1. The first kappa shape index (κ1) is 13.1. The number of aliphatic hydroxyl groups is 1. The first-order chi connectivity index (χ1) is 10.3. The van der Waals surface area contributed by atoms with Gasteiger partial charge in [-0.15, -0.1) is 0 Å². The fourth-order valence-corrected chi connectivity index (χ4v) is 4.13. The summed E-state index contributed by atoms with van der Waals surface area (Å²) in [5.41, 5.74) is 3.79. The summed E-state index contributed by atoms with van der Waals surface area (Å²) >= 11 is 0. The predicted molar refractivity (Wildman–Crippen MR) is 82.6 cm³/mol. The Morgan fingerprint density at radius 1 is 1.19 bits per heavy atom. The van der Waals surface area contributed by atoms with Crippen LogP contribution in [0.15, 0.2) is 36.8 Å². The largest absolute Gasteiger partial charge is 0.393 e. The predicted octanol–water partition coefficient (Wildman–Crippen LogP) is 3.65. The molecule has 21 heavy (non-hydrogen) atoms. The number of hydrogen-bond acceptors (Lipinski definition) is 2. The summed E-state index contributed by atoms with van der Waals surface area (Å²) in [5, 5.41) is 10.7. The fourth-order valence-electron chi connectivity index (χ4n) is 4.13. The summed E-state index contributed by atoms with van der Waals surface area (Å²) in [7, 11) is 0. The molecular formula is C18H22N2O. The van der Waals surface area contributed by atoms with E-state index in [4.69, 9.17) is 0 Å². The van der Waals surface area contributed by atoms with Crippen LogP contribution in [0.5, 0.6) is 0 Å². The zero-order valence-electron chi connectivity index (χ0n) is 12.3. The molecule has 3 heteroatoms. The third-order valence-corrected chi connectivity index (χ3v) is 5.27. The van der Waals surface area contributed by atoms with Crippen molar-refractivity contribution in [3.05, 3.63) is 48.0 Å². The highest BCUT2D eigenvalue weighted by molar-refractivity contribution is 5.53. The molecule has 2 aromatic rings. The summed E-state index contributed by atoms with van der Waals surface area (Å²) in [6.07, 6.45) is 10.8. The molecule has 0 radical (unpaired) electrons. The molecule has 1 aromatic carbocycles. The van der Waals surface area contributed by atoms with Gasteiger partial charge in [0.15, 0.2) is 0 Å². The summed E-state index contributed by atoms with van der Waals surface area (Å²) in [6, 6.07) is 8.51. The quantitative estimate of drug-likeness (QED) is 0.933. The van der Waals surface area contributed by atoms with Gasteiger partial charge >= 0.3 is 0 Å². The Morgan fingerprint density at radius 3 is 2.86 bits per heavy atom. The normalized spacial score (nSPS) is 22.8. The molecule has 2 aliphatic rings. The summed E-state index contributed by atoms with van der Waals surface area (Å²) in [5.74, 6) is 0.781.